The fraction of sp³-hybridized carbons (Fsp3) is 0.462. The molecule has 0 radical (unpaired) electrons. The van der Waals surface area contributed by atoms with E-state index in [2.05, 4.69) is 19.9 Å². The smallest absolute Gasteiger partial charge is 0.346 e. The zero-order valence-electron chi connectivity index (χ0n) is 11.6. The van der Waals surface area contributed by atoms with Crippen molar-refractivity contribution in [3.63, 3.8) is 0 Å². The van der Waals surface area contributed by atoms with Crippen LogP contribution in [0.4, 0.5) is 24.3 Å². The summed E-state index contributed by atoms with van der Waals surface area (Å²) >= 11 is 1.56. The molecule has 1 saturated heterocycles. The van der Waals surface area contributed by atoms with E-state index in [1.54, 1.807) is 22.4 Å². The fourth-order valence-corrected chi connectivity index (χ4v) is 3.04. The lowest BCUT2D eigenvalue weighted by Crippen LogP contribution is -2.32. The van der Waals surface area contributed by atoms with Crippen molar-refractivity contribution in [1.29, 1.82) is 0 Å². The second-order valence-corrected chi connectivity index (χ2v) is 5.75. The SMILES string of the molecule is FC(F)(F)c1ccnc(N2CCCN(c3nccs3)CC2)n1. The molecule has 9 heteroatoms. The van der Waals surface area contributed by atoms with E-state index in [9.17, 15) is 13.2 Å². The quantitative estimate of drug-likeness (QED) is 0.848. The largest absolute Gasteiger partial charge is 0.433 e. The molecule has 2 aromatic heterocycles. The number of halogens is 3. The Balaban J connectivity index is 1.73. The number of aromatic nitrogens is 3. The van der Waals surface area contributed by atoms with Crippen LogP contribution in [0.2, 0.25) is 0 Å². The topological polar surface area (TPSA) is 45.2 Å². The molecule has 5 nitrogen and oxygen atoms in total. The molecular formula is C13H14F3N5S. The molecule has 118 valence electrons. The van der Waals surface area contributed by atoms with Gasteiger partial charge < -0.3 is 9.80 Å². The Morgan fingerprint density at radius 2 is 1.77 bits per heavy atom. The second kappa shape index (κ2) is 6.07. The third kappa shape index (κ3) is 3.29. The molecule has 1 aliphatic rings. The van der Waals surface area contributed by atoms with E-state index in [1.165, 1.54) is 0 Å². The van der Waals surface area contributed by atoms with Crippen LogP contribution in [0.25, 0.3) is 0 Å². The van der Waals surface area contributed by atoms with Gasteiger partial charge >= 0.3 is 6.18 Å². The van der Waals surface area contributed by atoms with Gasteiger partial charge in [0.05, 0.1) is 0 Å². The van der Waals surface area contributed by atoms with Crippen molar-refractivity contribution in [2.75, 3.05) is 36.0 Å². The summed E-state index contributed by atoms with van der Waals surface area (Å²) in [7, 11) is 0. The molecule has 3 rings (SSSR count). The molecule has 0 bridgehead atoms. The molecule has 1 fully saturated rings. The number of nitrogens with zero attached hydrogens (tertiary/aromatic N) is 5. The lowest BCUT2D eigenvalue weighted by molar-refractivity contribution is -0.141. The number of rotatable bonds is 2. The molecule has 3 heterocycles. The molecule has 0 aliphatic carbocycles. The van der Waals surface area contributed by atoms with Gasteiger partial charge in [0, 0.05) is 44.0 Å². The van der Waals surface area contributed by atoms with Crippen LogP contribution in [0.3, 0.4) is 0 Å². The minimum Gasteiger partial charge on any atom is -0.346 e. The highest BCUT2D eigenvalue weighted by Gasteiger charge is 2.33. The summed E-state index contributed by atoms with van der Waals surface area (Å²) in [5.41, 5.74) is -0.904. The number of hydrogen-bond donors (Lipinski definition) is 0. The summed E-state index contributed by atoms with van der Waals surface area (Å²) < 4.78 is 38.2. The Kier molecular flexibility index (Phi) is 4.14. The van der Waals surface area contributed by atoms with Crippen LogP contribution in [-0.4, -0.2) is 41.1 Å². The highest BCUT2D eigenvalue weighted by molar-refractivity contribution is 7.13. The number of anilines is 2. The minimum absolute atomic E-state index is 0.135. The lowest BCUT2D eigenvalue weighted by atomic mass is 10.4. The van der Waals surface area contributed by atoms with Gasteiger partial charge in [-0.3, -0.25) is 0 Å². The Morgan fingerprint density at radius 1 is 1.00 bits per heavy atom. The van der Waals surface area contributed by atoms with E-state index in [-0.39, 0.29) is 5.95 Å². The average molecular weight is 329 g/mol. The number of thiazole rings is 1. The van der Waals surface area contributed by atoms with Crippen LogP contribution >= 0.6 is 11.3 Å². The maximum Gasteiger partial charge on any atom is 0.433 e. The van der Waals surface area contributed by atoms with Crippen molar-refractivity contribution in [1.82, 2.24) is 15.0 Å². The van der Waals surface area contributed by atoms with E-state index in [0.717, 1.165) is 30.4 Å². The van der Waals surface area contributed by atoms with Gasteiger partial charge in [-0.1, -0.05) is 0 Å². The molecule has 1 aliphatic heterocycles. The lowest BCUT2D eigenvalue weighted by Gasteiger charge is -2.22. The third-order valence-corrected chi connectivity index (χ3v) is 4.23. The van der Waals surface area contributed by atoms with Crippen molar-refractivity contribution in [2.45, 2.75) is 12.6 Å². The summed E-state index contributed by atoms with van der Waals surface area (Å²) in [6, 6.07) is 0.892. The van der Waals surface area contributed by atoms with Crippen LogP contribution in [0.5, 0.6) is 0 Å². The highest BCUT2D eigenvalue weighted by Crippen LogP contribution is 2.28. The van der Waals surface area contributed by atoms with Gasteiger partial charge in [-0.15, -0.1) is 11.3 Å². The predicted octanol–water partition coefficient (Wildman–Crippen LogP) is 2.67. The molecular weight excluding hydrogens is 315 g/mol. The van der Waals surface area contributed by atoms with Crippen molar-refractivity contribution in [2.24, 2.45) is 0 Å². The maximum atomic E-state index is 12.7. The highest BCUT2D eigenvalue weighted by atomic mass is 32.1. The molecule has 0 unspecified atom stereocenters. The number of hydrogen-bond acceptors (Lipinski definition) is 6. The average Bonchev–Trinajstić information content (AvgIpc) is 2.91. The molecule has 22 heavy (non-hydrogen) atoms. The Bertz CT molecular complexity index is 616. The molecule has 0 saturated carbocycles. The van der Waals surface area contributed by atoms with Crippen molar-refractivity contribution in [3.05, 3.63) is 29.5 Å². The van der Waals surface area contributed by atoms with Gasteiger partial charge in [-0.25, -0.2) is 15.0 Å². The van der Waals surface area contributed by atoms with Crippen LogP contribution in [0, 0.1) is 0 Å². The Hall–Kier alpha value is -1.90. The first-order chi connectivity index (χ1) is 10.5. The van der Waals surface area contributed by atoms with Gasteiger partial charge in [0.25, 0.3) is 0 Å². The van der Waals surface area contributed by atoms with Gasteiger partial charge in [-0.05, 0) is 12.5 Å². The molecule has 0 N–H and O–H groups in total. The minimum atomic E-state index is -4.45. The predicted molar refractivity (Wildman–Crippen MR) is 78.2 cm³/mol. The van der Waals surface area contributed by atoms with Gasteiger partial charge in [-0.2, -0.15) is 13.2 Å². The first-order valence-corrected chi connectivity index (χ1v) is 7.71. The summed E-state index contributed by atoms with van der Waals surface area (Å²) in [6.07, 6.45) is -0.719. The zero-order valence-corrected chi connectivity index (χ0v) is 12.4. The van der Waals surface area contributed by atoms with E-state index in [0.29, 0.717) is 19.6 Å². The van der Waals surface area contributed by atoms with Crippen molar-refractivity contribution >= 4 is 22.4 Å². The monoisotopic (exact) mass is 329 g/mol. The normalized spacial score (nSPS) is 16.7. The summed E-state index contributed by atoms with van der Waals surface area (Å²) in [6.45, 7) is 2.71. The summed E-state index contributed by atoms with van der Waals surface area (Å²) in [5.74, 6) is 0.135. The summed E-state index contributed by atoms with van der Waals surface area (Å²) in [4.78, 5) is 15.8. The second-order valence-electron chi connectivity index (χ2n) is 4.88. The van der Waals surface area contributed by atoms with Crippen LogP contribution < -0.4 is 9.80 Å². The molecule has 0 atom stereocenters. The first-order valence-electron chi connectivity index (χ1n) is 6.84. The third-order valence-electron chi connectivity index (χ3n) is 3.40. The summed E-state index contributed by atoms with van der Waals surface area (Å²) in [5, 5.41) is 2.85. The molecule has 0 spiro atoms. The van der Waals surface area contributed by atoms with Crippen molar-refractivity contribution in [3.8, 4) is 0 Å². The van der Waals surface area contributed by atoms with E-state index < -0.39 is 11.9 Å². The van der Waals surface area contributed by atoms with Gasteiger partial charge in [0.2, 0.25) is 5.95 Å². The van der Waals surface area contributed by atoms with Gasteiger partial charge in [0.1, 0.15) is 5.69 Å². The van der Waals surface area contributed by atoms with E-state index in [4.69, 9.17) is 0 Å². The van der Waals surface area contributed by atoms with Crippen molar-refractivity contribution < 1.29 is 13.2 Å². The van der Waals surface area contributed by atoms with E-state index >= 15 is 0 Å². The van der Waals surface area contributed by atoms with Crippen LogP contribution in [0.15, 0.2) is 23.8 Å². The van der Waals surface area contributed by atoms with Crippen LogP contribution in [-0.2, 0) is 6.18 Å². The molecule has 2 aromatic rings. The first kappa shape index (κ1) is 15.0. The standard InChI is InChI=1S/C13H14F3N5S/c14-13(15,16)10-2-3-17-11(19-10)20-5-1-6-21(8-7-20)12-18-4-9-22-12/h2-4,9H,1,5-8H2. The van der Waals surface area contributed by atoms with Crippen LogP contribution in [0.1, 0.15) is 12.1 Å². The Morgan fingerprint density at radius 3 is 2.50 bits per heavy atom. The zero-order chi connectivity index (χ0) is 15.6. The van der Waals surface area contributed by atoms with E-state index in [1.807, 2.05) is 5.38 Å². The van der Waals surface area contributed by atoms with Gasteiger partial charge in [0.15, 0.2) is 5.13 Å². The number of alkyl halides is 3. The maximum absolute atomic E-state index is 12.7. The molecule has 0 aromatic carbocycles. The Labute approximate surface area is 129 Å². The molecule has 0 amide bonds. The fourth-order valence-electron chi connectivity index (χ4n) is 2.34.